The zero-order valence-electron chi connectivity index (χ0n) is 23.3. The molecular weight excluding hydrogens is 566 g/mol. The first kappa shape index (κ1) is 27.3. The van der Waals surface area contributed by atoms with Crippen LogP contribution in [0, 0.1) is 0 Å². The maximum Gasteiger partial charge on any atom is 0.261 e. The van der Waals surface area contributed by atoms with Gasteiger partial charge in [-0.2, -0.15) is 0 Å². The predicted octanol–water partition coefficient (Wildman–Crippen LogP) is 4.90. The van der Waals surface area contributed by atoms with Gasteiger partial charge < -0.3 is 19.2 Å². The van der Waals surface area contributed by atoms with Gasteiger partial charge >= 0.3 is 0 Å². The number of carbonyl (C=O) groups is 5. The molecule has 4 aromatic rings. The lowest BCUT2D eigenvalue weighted by Crippen LogP contribution is -2.36. The van der Waals surface area contributed by atoms with Crippen LogP contribution in [0.1, 0.15) is 70.4 Å². The molecule has 1 unspecified atom stereocenters. The molecule has 0 spiro atoms. The summed E-state index contributed by atoms with van der Waals surface area (Å²) >= 11 is 0. The van der Waals surface area contributed by atoms with Gasteiger partial charge in [0.1, 0.15) is 17.3 Å². The maximum atomic E-state index is 13.1. The van der Waals surface area contributed by atoms with Gasteiger partial charge in [-0.25, -0.2) is 0 Å². The molecule has 3 aromatic carbocycles. The standard InChI is InChI=1S/C33H25N3O8/c37-29(19-8-10-25-27(14-19)32(40)35(30(25)38)17-23-6-2-12-42-23)34-20-4-1-5-21(15-20)44-22-9-11-26-28(16-22)33(41)36(31(26)39)18-24-7-3-13-43-24/h1-2,4-6,8-12,14-16,24H,3,7,13,17-18H2,(H,34,37). The lowest BCUT2D eigenvalue weighted by molar-refractivity contribution is 0.0474. The van der Waals surface area contributed by atoms with Crippen molar-refractivity contribution >= 4 is 35.2 Å². The van der Waals surface area contributed by atoms with Crippen molar-refractivity contribution in [2.24, 2.45) is 0 Å². The number of imide groups is 2. The van der Waals surface area contributed by atoms with Gasteiger partial charge in [0.15, 0.2) is 0 Å². The predicted molar refractivity (Wildman–Crippen MR) is 155 cm³/mol. The first-order chi connectivity index (χ1) is 21.4. The van der Waals surface area contributed by atoms with Gasteiger partial charge in [0, 0.05) is 23.9 Å². The molecule has 1 saturated heterocycles. The molecule has 1 fully saturated rings. The molecule has 1 aromatic heterocycles. The minimum Gasteiger partial charge on any atom is -0.467 e. The highest BCUT2D eigenvalue weighted by Crippen LogP contribution is 2.32. The Labute approximate surface area is 250 Å². The number of nitrogens with one attached hydrogen (secondary N) is 1. The second-order valence-electron chi connectivity index (χ2n) is 10.7. The number of rotatable bonds is 8. The Morgan fingerprint density at radius 1 is 0.795 bits per heavy atom. The van der Waals surface area contributed by atoms with Gasteiger partial charge in [-0.3, -0.25) is 33.8 Å². The van der Waals surface area contributed by atoms with Gasteiger partial charge in [-0.1, -0.05) is 6.07 Å². The van der Waals surface area contributed by atoms with Crippen molar-refractivity contribution in [3.05, 3.63) is 113 Å². The largest absolute Gasteiger partial charge is 0.467 e. The lowest BCUT2D eigenvalue weighted by atomic mass is 10.1. The molecule has 4 heterocycles. The van der Waals surface area contributed by atoms with Crippen molar-refractivity contribution in [2.45, 2.75) is 25.5 Å². The average molecular weight is 592 g/mol. The zero-order valence-corrected chi connectivity index (χ0v) is 23.3. The Balaban J connectivity index is 1.03. The average Bonchev–Trinajstić information content (AvgIpc) is 3.82. The van der Waals surface area contributed by atoms with Crippen molar-refractivity contribution in [3.8, 4) is 11.5 Å². The molecule has 3 aliphatic heterocycles. The van der Waals surface area contributed by atoms with Crippen molar-refractivity contribution < 1.29 is 37.9 Å². The number of hydrogen-bond donors (Lipinski definition) is 1. The van der Waals surface area contributed by atoms with E-state index >= 15 is 0 Å². The Morgan fingerprint density at radius 2 is 1.52 bits per heavy atom. The molecule has 1 N–H and O–H groups in total. The molecule has 0 bridgehead atoms. The Morgan fingerprint density at radius 3 is 2.30 bits per heavy atom. The molecule has 0 radical (unpaired) electrons. The van der Waals surface area contributed by atoms with Crippen LogP contribution in [0.15, 0.2) is 83.5 Å². The summed E-state index contributed by atoms with van der Waals surface area (Å²) in [6, 6.07) is 19.1. The molecular formula is C33H25N3O8. The Hall–Kier alpha value is -5.55. The van der Waals surface area contributed by atoms with Crippen LogP contribution in [0.3, 0.4) is 0 Å². The lowest BCUT2D eigenvalue weighted by Gasteiger charge is -2.17. The van der Waals surface area contributed by atoms with E-state index in [0.717, 1.165) is 17.7 Å². The quantitative estimate of drug-likeness (QED) is 0.286. The third kappa shape index (κ3) is 4.92. The van der Waals surface area contributed by atoms with E-state index in [4.69, 9.17) is 13.9 Å². The van der Waals surface area contributed by atoms with Crippen LogP contribution in [-0.4, -0.2) is 58.6 Å². The number of anilines is 1. The number of ether oxygens (including phenoxy) is 2. The number of amides is 5. The van der Waals surface area contributed by atoms with E-state index in [0.29, 0.717) is 35.1 Å². The van der Waals surface area contributed by atoms with E-state index in [9.17, 15) is 24.0 Å². The van der Waals surface area contributed by atoms with Crippen LogP contribution in [0.5, 0.6) is 11.5 Å². The highest BCUT2D eigenvalue weighted by atomic mass is 16.5. The van der Waals surface area contributed by atoms with Crippen LogP contribution in [0.4, 0.5) is 5.69 Å². The van der Waals surface area contributed by atoms with Crippen LogP contribution in [-0.2, 0) is 11.3 Å². The molecule has 5 amide bonds. The highest BCUT2D eigenvalue weighted by Gasteiger charge is 2.38. The number of furan rings is 1. The van der Waals surface area contributed by atoms with Crippen molar-refractivity contribution in [2.75, 3.05) is 18.5 Å². The first-order valence-corrected chi connectivity index (χ1v) is 14.1. The van der Waals surface area contributed by atoms with Crippen molar-refractivity contribution in [3.63, 3.8) is 0 Å². The fraction of sp³-hybridized carbons (Fsp3) is 0.182. The van der Waals surface area contributed by atoms with E-state index in [1.807, 2.05) is 0 Å². The summed E-state index contributed by atoms with van der Waals surface area (Å²) < 4.78 is 16.8. The zero-order chi connectivity index (χ0) is 30.4. The molecule has 0 aliphatic carbocycles. The maximum absolute atomic E-state index is 13.1. The topological polar surface area (TPSA) is 135 Å². The number of benzene rings is 3. The highest BCUT2D eigenvalue weighted by molar-refractivity contribution is 6.22. The number of hydrogen-bond acceptors (Lipinski definition) is 8. The molecule has 1 atom stereocenters. The van der Waals surface area contributed by atoms with Crippen LogP contribution >= 0.6 is 0 Å². The number of nitrogens with zero attached hydrogens (tertiary/aromatic N) is 2. The summed E-state index contributed by atoms with van der Waals surface area (Å²) in [7, 11) is 0. The van der Waals surface area contributed by atoms with Gasteiger partial charge in [-0.05, 0) is 73.5 Å². The summed E-state index contributed by atoms with van der Waals surface area (Å²) in [6.07, 6.45) is 3.04. The van der Waals surface area contributed by atoms with Gasteiger partial charge in [0.25, 0.3) is 29.5 Å². The SMILES string of the molecule is O=C(Nc1cccc(Oc2ccc3c(c2)C(=O)N(CC2CCCO2)C3=O)c1)c1ccc2c(c1)C(=O)N(Cc1ccco1)C2=O. The van der Waals surface area contributed by atoms with Crippen molar-refractivity contribution in [1.82, 2.24) is 9.80 Å². The smallest absolute Gasteiger partial charge is 0.261 e. The summed E-state index contributed by atoms with van der Waals surface area (Å²) in [4.78, 5) is 67.0. The van der Waals surface area contributed by atoms with E-state index in [2.05, 4.69) is 5.32 Å². The molecule has 7 rings (SSSR count). The van der Waals surface area contributed by atoms with E-state index < -0.39 is 17.7 Å². The molecule has 220 valence electrons. The van der Waals surface area contributed by atoms with Crippen LogP contribution in [0.2, 0.25) is 0 Å². The number of fused-ring (bicyclic) bond motifs is 2. The molecule has 11 heteroatoms. The van der Waals surface area contributed by atoms with Gasteiger partial charge in [0.2, 0.25) is 0 Å². The monoisotopic (exact) mass is 591 g/mol. The summed E-state index contributed by atoms with van der Waals surface area (Å²) in [5.74, 6) is -0.960. The minimum absolute atomic E-state index is 0.00393. The summed E-state index contributed by atoms with van der Waals surface area (Å²) in [5.41, 5.74) is 1.57. The Kier molecular flexibility index (Phi) is 6.78. The van der Waals surface area contributed by atoms with E-state index in [1.54, 1.807) is 48.5 Å². The summed E-state index contributed by atoms with van der Waals surface area (Å²) in [5, 5.41) is 2.78. The second kappa shape index (κ2) is 10.9. The van der Waals surface area contributed by atoms with Crippen LogP contribution in [0.25, 0.3) is 0 Å². The summed E-state index contributed by atoms with van der Waals surface area (Å²) in [6.45, 7) is 0.851. The third-order valence-electron chi connectivity index (χ3n) is 7.81. The van der Waals surface area contributed by atoms with E-state index in [-0.39, 0.29) is 53.3 Å². The number of carbonyl (C=O) groups excluding carboxylic acids is 5. The normalized spacial score (nSPS) is 17.3. The fourth-order valence-corrected chi connectivity index (χ4v) is 5.60. The Bertz CT molecular complexity index is 1840. The van der Waals surface area contributed by atoms with E-state index in [1.165, 1.54) is 35.4 Å². The van der Waals surface area contributed by atoms with Gasteiger partial charge in [0.05, 0.1) is 47.7 Å². The minimum atomic E-state index is -0.504. The molecule has 3 aliphatic rings. The molecule has 0 saturated carbocycles. The fourth-order valence-electron chi connectivity index (χ4n) is 5.60. The van der Waals surface area contributed by atoms with Crippen LogP contribution < -0.4 is 10.1 Å². The first-order valence-electron chi connectivity index (χ1n) is 14.1. The van der Waals surface area contributed by atoms with Crippen molar-refractivity contribution in [1.29, 1.82) is 0 Å². The third-order valence-corrected chi connectivity index (χ3v) is 7.81. The molecule has 11 nitrogen and oxygen atoms in total. The van der Waals surface area contributed by atoms with Gasteiger partial charge in [-0.15, -0.1) is 0 Å². The second-order valence-corrected chi connectivity index (χ2v) is 10.7. The molecule has 44 heavy (non-hydrogen) atoms.